The lowest BCUT2D eigenvalue weighted by Crippen LogP contribution is -2.24. The standard InChI is InChI=1S/C13H18N4O3S/c1-17-12-4-2-3-11(10(12)8-16-17)15-7-9-5-6-13(20-9)21(14,18)19/h5-6,8,11,15H,2-4,7H2,1H3,(H2,14,18,19). The molecule has 3 rings (SSSR count). The van der Waals surface area contributed by atoms with Gasteiger partial charge >= 0.3 is 0 Å². The number of hydrogen-bond acceptors (Lipinski definition) is 5. The first-order valence-corrected chi connectivity index (χ1v) is 8.35. The summed E-state index contributed by atoms with van der Waals surface area (Å²) in [4.78, 5) is 0. The monoisotopic (exact) mass is 310 g/mol. The third-order valence-electron chi connectivity index (χ3n) is 3.82. The summed E-state index contributed by atoms with van der Waals surface area (Å²) in [6.07, 6.45) is 5.07. The number of nitrogens with one attached hydrogen (secondary N) is 1. The van der Waals surface area contributed by atoms with Crippen molar-refractivity contribution in [2.45, 2.75) is 36.9 Å². The molecule has 1 unspecified atom stereocenters. The summed E-state index contributed by atoms with van der Waals surface area (Å²) in [6.45, 7) is 0.453. The molecule has 0 bridgehead atoms. The minimum Gasteiger partial charge on any atom is -0.447 e. The molecule has 0 aromatic carbocycles. The van der Waals surface area contributed by atoms with E-state index in [1.54, 1.807) is 6.07 Å². The summed E-state index contributed by atoms with van der Waals surface area (Å²) < 4.78 is 29.5. The first-order valence-electron chi connectivity index (χ1n) is 6.81. The molecule has 0 saturated heterocycles. The first kappa shape index (κ1) is 14.3. The van der Waals surface area contributed by atoms with Crippen LogP contribution in [0, 0.1) is 0 Å². The molecule has 21 heavy (non-hydrogen) atoms. The van der Waals surface area contributed by atoms with Gasteiger partial charge in [-0.2, -0.15) is 5.10 Å². The highest BCUT2D eigenvalue weighted by molar-refractivity contribution is 7.89. The van der Waals surface area contributed by atoms with Crippen molar-refractivity contribution in [2.24, 2.45) is 12.2 Å². The van der Waals surface area contributed by atoms with Crippen LogP contribution in [0.3, 0.4) is 0 Å². The predicted molar refractivity (Wildman–Crippen MR) is 75.8 cm³/mol. The van der Waals surface area contributed by atoms with Crippen LogP contribution in [-0.2, 0) is 30.0 Å². The van der Waals surface area contributed by atoms with Crippen LogP contribution in [0.15, 0.2) is 27.8 Å². The number of aryl methyl sites for hydroxylation is 1. The second-order valence-corrected chi connectivity index (χ2v) is 6.75. The zero-order valence-electron chi connectivity index (χ0n) is 11.7. The van der Waals surface area contributed by atoms with Gasteiger partial charge in [0.2, 0.25) is 5.09 Å². The van der Waals surface area contributed by atoms with Crippen LogP contribution in [0.5, 0.6) is 0 Å². The molecule has 2 heterocycles. The molecule has 8 heteroatoms. The summed E-state index contributed by atoms with van der Waals surface area (Å²) in [5, 5.41) is 12.5. The first-order chi connectivity index (χ1) is 9.95. The van der Waals surface area contributed by atoms with Crippen molar-refractivity contribution in [3.05, 3.63) is 35.3 Å². The van der Waals surface area contributed by atoms with E-state index in [2.05, 4.69) is 10.4 Å². The molecule has 0 fully saturated rings. The van der Waals surface area contributed by atoms with Crippen molar-refractivity contribution in [1.29, 1.82) is 0 Å². The van der Waals surface area contributed by atoms with Gasteiger partial charge < -0.3 is 9.73 Å². The number of nitrogens with zero attached hydrogens (tertiary/aromatic N) is 2. The van der Waals surface area contributed by atoms with Gasteiger partial charge in [-0.1, -0.05) is 0 Å². The molecule has 1 atom stereocenters. The lowest BCUT2D eigenvalue weighted by atomic mass is 9.93. The SMILES string of the molecule is Cn1ncc2c1CCCC2NCc1ccc(S(N)(=O)=O)o1. The zero-order chi connectivity index (χ0) is 15.0. The molecule has 0 aliphatic heterocycles. The predicted octanol–water partition coefficient (Wildman–Crippen LogP) is 0.828. The lowest BCUT2D eigenvalue weighted by molar-refractivity contribution is 0.377. The Bertz CT molecular complexity index is 747. The molecule has 7 nitrogen and oxygen atoms in total. The van der Waals surface area contributed by atoms with Crippen molar-refractivity contribution in [3.63, 3.8) is 0 Å². The van der Waals surface area contributed by atoms with Crippen molar-refractivity contribution in [1.82, 2.24) is 15.1 Å². The second kappa shape index (κ2) is 5.28. The Hall–Kier alpha value is -1.64. The number of primary sulfonamides is 1. The Morgan fingerprint density at radius 1 is 1.52 bits per heavy atom. The molecule has 1 aliphatic rings. The molecular weight excluding hydrogens is 292 g/mol. The molecule has 114 valence electrons. The molecule has 0 radical (unpaired) electrons. The minimum absolute atomic E-state index is 0.204. The van der Waals surface area contributed by atoms with Crippen LogP contribution in [0.4, 0.5) is 0 Å². The zero-order valence-corrected chi connectivity index (χ0v) is 12.6. The molecule has 0 amide bonds. The number of nitrogens with two attached hydrogens (primary N) is 1. The third kappa shape index (κ3) is 2.87. The molecule has 0 spiro atoms. The Balaban J connectivity index is 1.70. The molecule has 2 aromatic rings. The number of sulfonamides is 1. The van der Waals surface area contributed by atoms with Crippen LogP contribution >= 0.6 is 0 Å². The van der Waals surface area contributed by atoms with Gasteiger partial charge in [0.15, 0.2) is 0 Å². The maximum Gasteiger partial charge on any atom is 0.271 e. The average Bonchev–Trinajstić information content (AvgIpc) is 3.04. The summed E-state index contributed by atoms with van der Waals surface area (Å²) in [7, 11) is -1.83. The van der Waals surface area contributed by atoms with E-state index in [1.807, 2.05) is 17.9 Å². The topological polar surface area (TPSA) is 103 Å². The summed E-state index contributed by atoms with van der Waals surface area (Å²) >= 11 is 0. The van der Waals surface area contributed by atoms with E-state index in [9.17, 15) is 8.42 Å². The highest BCUT2D eigenvalue weighted by Gasteiger charge is 2.23. The normalized spacial score (nSPS) is 18.7. The van der Waals surface area contributed by atoms with Crippen LogP contribution < -0.4 is 10.5 Å². The van der Waals surface area contributed by atoms with Gasteiger partial charge in [-0.25, -0.2) is 13.6 Å². The highest BCUT2D eigenvalue weighted by atomic mass is 32.2. The van der Waals surface area contributed by atoms with Crippen LogP contribution in [0.25, 0.3) is 0 Å². The largest absolute Gasteiger partial charge is 0.447 e. The molecular formula is C13H18N4O3S. The van der Waals surface area contributed by atoms with Gasteiger partial charge in [-0.3, -0.25) is 4.68 Å². The van der Waals surface area contributed by atoms with Gasteiger partial charge in [0.1, 0.15) is 5.76 Å². The van der Waals surface area contributed by atoms with E-state index in [1.165, 1.54) is 17.3 Å². The number of furan rings is 1. The van der Waals surface area contributed by atoms with Crippen molar-refractivity contribution in [2.75, 3.05) is 0 Å². The number of hydrogen-bond donors (Lipinski definition) is 2. The van der Waals surface area contributed by atoms with Gasteiger partial charge in [0, 0.05) is 24.3 Å². The number of aromatic nitrogens is 2. The third-order valence-corrected chi connectivity index (χ3v) is 4.60. The van der Waals surface area contributed by atoms with E-state index in [0.717, 1.165) is 19.3 Å². The van der Waals surface area contributed by atoms with Gasteiger partial charge in [-0.05, 0) is 31.4 Å². The fraction of sp³-hybridized carbons (Fsp3) is 0.462. The Morgan fingerprint density at radius 3 is 3.05 bits per heavy atom. The Kier molecular flexibility index (Phi) is 3.60. The van der Waals surface area contributed by atoms with Gasteiger partial charge in [0.05, 0.1) is 12.7 Å². The van der Waals surface area contributed by atoms with Gasteiger partial charge in [-0.15, -0.1) is 0 Å². The van der Waals surface area contributed by atoms with Crippen LogP contribution in [0.1, 0.15) is 35.9 Å². The maximum absolute atomic E-state index is 11.2. The fourth-order valence-electron chi connectivity index (χ4n) is 2.75. The van der Waals surface area contributed by atoms with Gasteiger partial charge in [0.25, 0.3) is 10.0 Å². The van der Waals surface area contributed by atoms with E-state index >= 15 is 0 Å². The molecule has 2 aromatic heterocycles. The lowest BCUT2D eigenvalue weighted by Gasteiger charge is -2.23. The summed E-state index contributed by atoms with van der Waals surface area (Å²) in [5.74, 6) is 0.551. The average molecular weight is 310 g/mol. The Labute approximate surface area is 123 Å². The van der Waals surface area contributed by atoms with Crippen molar-refractivity contribution in [3.8, 4) is 0 Å². The van der Waals surface area contributed by atoms with E-state index in [0.29, 0.717) is 12.3 Å². The van der Waals surface area contributed by atoms with Crippen LogP contribution in [-0.4, -0.2) is 18.2 Å². The van der Waals surface area contributed by atoms with Crippen molar-refractivity contribution < 1.29 is 12.8 Å². The fourth-order valence-corrected chi connectivity index (χ4v) is 3.23. The van der Waals surface area contributed by atoms with E-state index in [4.69, 9.17) is 9.56 Å². The van der Waals surface area contributed by atoms with Crippen molar-refractivity contribution >= 4 is 10.0 Å². The smallest absolute Gasteiger partial charge is 0.271 e. The Morgan fingerprint density at radius 2 is 2.33 bits per heavy atom. The van der Waals surface area contributed by atoms with E-state index < -0.39 is 10.0 Å². The minimum atomic E-state index is -3.78. The summed E-state index contributed by atoms with van der Waals surface area (Å²) in [5.41, 5.74) is 2.46. The number of rotatable bonds is 4. The summed E-state index contributed by atoms with van der Waals surface area (Å²) in [6, 6.07) is 3.22. The van der Waals surface area contributed by atoms with Crippen LogP contribution in [0.2, 0.25) is 0 Å². The molecule has 0 saturated carbocycles. The highest BCUT2D eigenvalue weighted by Crippen LogP contribution is 2.29. The molecule has 3 N–H and O–H groups in total. The van der Waals surface area contributed by atoms with E-state index in [-0.39, 0.29) is 11.1 Å². The molecule has 1 aliphatic carbocycles. The second-order valence-electron chi connectivity index (χ2n) is 5.26. The number of fused-ring (bicyclic) bond motifs is 1. The quantitative estimate of drug-likeness (QED) is 0.870. The maximum atomic E-state index is 11.2.